The maximum Gasteiger partial charge on any atom is 0.132 e. The van der Waals surface area contributed by atoms with Crippen LogP contribution >= 0.6 is 0 Å². The number of pyridine rings is 1. The van der Waals surface area contributed by atoms with Crippen molar-refractivity contribution >= 4 is 5.82 Å². The maximum atomic E-state index is 4.61. The standard InChI is InChI=1S/C17H30N4/c1-17(2,3)19-11-15-7-6-9-18-16(15)21(5)13-14-8-10-20(4)12-14/h6-7,9,14,19H,8,10-13H2,1-5H3. The van der Waals surface area contributed by atoms with Gasteiger partial charge in [0.15, 0.2) is 0 Å². The molecule has 0 bridgehead atoms. The average Bonchev–Trinajstić information content (AvgIpc) is 2.81. The lowest BCUT2D eigenvalue weighted by Crippen LogP contribution is -2.36. The van der Waals surface area contributed by atoms with E-state index in [1.54, 1.807) is 0 Å². The quantitative estimate of drug-likeness (QED) is 0.902. The van der Waals surface area contributed by atoms with Crippen molar-refractivity contribution in [3.8, 4) is 0 Å². The summed E-state index contributed by atoms with van der Waals surface area (Å²) >= 11 is 0. The van der Waals surface area contributed by atoms with Crippen LogP contribution in [-0.4, -0.2) is 49.2 Å². The number of nitrogens with zero attached hydrogens (tertiary/aromatic N) is 3. The van der Waals surface area contributed by atoms with Gasteiger partial charge in [-0.25, -0.2) is 4.98 Å². The van der Waals surface area contributed by atoms with Crippen molar-refractivity contribution < 1.29 is 0 Å². The van der Waals surface area contributed by atoms with Crippen LogP contribution in [-0.2, 0) is 6.54 Å². The molecule has 1 saturated heterocycles. The summed E-state index contributed by atoms with van der Waals surface area (Å²) < 4.78 is 0. The first-order chi connectivity index (χ1) is 9.85. The van der Waals surface area contributed by atoms with Crippen molar-refractivity contribution in [2.75, 3.05) is 38.6 Å². The zero-order valence-electron chi connectivity index (χ0n) is 14.2. The van der Waals surface area contributed by atoms with E-state index in [-0.39, 0.29) is 5.54 Å². The molecule has 0 radical (unpaired) electrons. The number of nitrogens with one attached hydrogen (secondary N) is 1. The molecule has 0 spiro atoms. The minimum atomic E-state index is 0.125. The normalized spacial score (nSPS) is 20.0. The zero-order chi connectivity index (χ0) is 15.5. The van der Waals surface area contributed by atoms with Crippen LogP contribution in [0, 0.1) is 5.92 Å². The number of rotatable bonds is 5. The van der Waals surface area contributed by atoms with E-state index in [0.717, 1.165) is 24.8 Å². The molecule has 2 rings (SSSR count). The Morgan fingerprint density at radius 2 is 2.19 bits per heavy atom. The van der Waals surface area contributed by atoms with Gasteiger partial charge in [0.25, 0.3) is 0 Å². The Labute approximate surface area is 129 Å². The van der Waals surface area contributed by atoms with Gasteiger partial charge in [0.2, 0.25) is 0 Å². The van der Waals surface area contributed by atoms with Crippen LogP contribution in [0.15, 0.2) is 18.3 Å². The molecule has 1 atom stereocenters. The van der Waals surface area contributed by atoms with E-state index in [9.17, 15) is 0 Å². The average molecular weight is 290 g/mol. The summed E-state index contributed by atoms with van der Waals surface area (Å²) in [5.74, 6) is 1.87. The van der Waals surface area contributed by atoms with Gasteiger partial charge >= 0.3 is 0 Å². The van der Waals surface area contributed by atoms with Crippen LogP contribution in [0.3, 0.4) is 0 Å². The third-order valence-electron chi connectivity index (χ3n) is 4.06. The Morgan fingerprint density at radius 1 is 1.43 bits per heavy atom. The lowest BCUT2D eigenvalue weighted by atomic mass is 10.1. The topological polar surface area (TPSA) is 31.4 Å². The highest BCUT2D eigenvalue weighted by molar-refractivity contribution is 5.46. The number of hydrogen-bond donors (Lipinski definition) is 1. The Morgan fingerprint density at radius 3 is 2.81 bits per heavy atom. The molecule has 1 aliphatic rings. The van der Waals surface area contributed by atoms with Gasteiger partial charge in [-0.15, -0.1) is 0 Å². The van der Waals surface area contributed by atoms with Crippen molar-refractivity contribution in [2.24, 2.45) is 5.92 Å². The van der Waals surface area contributed by atoms with Crippen LogP contribution < -0.4 is 10.2 Å². The van der Waals surface area contributed by atoms with E-state index in [4.69, 9.17) is 0 Å². The summed E-state index contributed by atoms with van der Waals surface area (Å²) in [6.07, 6.45) is 3.19. The molecular formula is C17H30N4. The lowest BCUT2D eigenvalue weighted by Gasteiger charge is -2.26. The summed E-state index contributed by atoms with van der Waals surface area (Å²) in [5.41, 5.74) is 1.40. The van der Waals surface area contributed by atoms with Gasteiger partial charge in [0.05, 0.1) is 0 Å². The zero-order valence-corrected chi connectivity index (χ0v) is 14.2. The SMILES string of the molecule is CN1CCC(CN(C)c2ncccc2CNC(C)(C)C)C1. The largest absolute Gasteiger partial charge is 0.359 e. The molecule has 1 aliphatic heterocycles. The van der Waals surface area contributed by atoms with Crippen LogP contribution in [0.5, 0.6) is 0 Å². The van der Waals surface area contributed by atoms with Crippen molar-refractivity contribution in [1.82, 2.24) is 15.2 Å². The summed E-state index contributed by atoms with van der Waals surface area (Å²) in [6.45, 7) is 11.0. The molecule has 1 aromatic rings. The van der Waals surface area contributed by atoms with Crippen molar-refractivity contribution in [3.05, 3.63) is 23.9 Å². The van der Waals surface area contributed by atoms with E-state index in [0.29, 0.717) is 0 Å². The Hall–Kier alpha value is -1.13. The Kier molecular flexibility index (Phi) is 5.22. The minimum absolute atomic E-state index is 0.125. The highest BCUT2D eigenvalue weighted by atomic mass is 15.2. The summed E-state index contributed by atoms with van der Waals surface area (Å²) in [6, 6.07) is 4.21. The smallest absolute Gasteiger partial charge is 0.132 e. The first-order valence-corrected chi connectivity index (χ1v) is 7.94. The minimum Gasteiger partial charge on any atom is -0.359 e. The van der Waals surface area contributed by atoms with Gasteiger partial charge in [0.1, 0.15) is 5.82 Å². The van der Waals surface area contributed by atoms with E-state index in [1.807, 2.05) is 12.3 Å². The molecule has 1 aromatic heterocycles. The molecule has 4 heteroatoms. The lowest BCUT2D eigenvalue weighted by molar-refractivity contribution is 0.395. The second kappa shape index (κ2) is 6.75. The molecule has 1 fully saturated rings. The first-order valence-electron chi connectivity index (χ1n) is 7.94. The van der Waals surface area contributed by atoms with Gasteiger partial charge in [-0.3, -0.25) is 0 Å². The van der Waals surface area contributed by atoms with Gasteiger partial charge < -0.3 is 15.1 Å². The van der Waals surface area contributed by atoms with Gasteiger partial charge in [0, 0.05) is 44.0 Å². The fraction of sp³-hybridized carbons (Fsp3) is 0.706. The number of aromatic nitrogens is 1. The predicted molar refractivity (Wildman–Crippen MR) is 89.7 cm³/mol. The van der Waals surface area contributed by atoms with Gasteiger partial charge in [-0.2, -0.15) is 0 Å². The number of anilines is 1. The summed E-state index contributed by atoms with van der Waals surface area (Å²) in [7, 11) is 4.38. The van der Waals surface area contributed by atoms with Crippen LogP contribution in [0.1, 0.15) is 32.8 Å². The molecule has 0 saturated carbocycles. The molecule has 0 amide bonds. The monoisotopic (exact) mass is 290 g/mol. The molecule has 0 aliphatic carbocycles. The molecule has 1 unspecified atom stereocenters. The summed E-state index contributed by atoms with van der Waals surface area (Å²) in [4.78, 5) is 9.35. The fourth-order valence-electron chi connectivity index (χ4n) is 2.92. The second-order valence-corrected chi connectivity index (χ2v) is 7.39. The van der Waals surface area contributed by atoms with Crippen LogP contribution in [0.2, 0.25) is 0 Å². The van der Waals surface area contributed by atoms with Gasteiger partial charge in [-0.05, 0) is 52.8 Å². The molecular weight excluding hydrogens is 260 g/mol. The van der Waals surface area contributed by atoms with Crippen molar-refractivity contribution in [2.45, 2.75) is 39.3 Å². The molecule has 118 valence electrons. The third kappa shape index (κ3) is 4.97. The van der Waals surface area contributed by atoms with E-state index in [2.05, 4.69) is 61.0 Å². The highest BCUT2D eigenvalue weighted by Gasteiger charge is 2.22. The molecule has 0 aromatic carbocycles. The van der Waals surface area contributed by atoms with E-state index < -0.39 is 0 Å². The summed E-state index contributed by atoms with van der Waals surface area (Å²) in [5, 5.41) is 3.56. The second-order valence-electron chi connectivity index (χ2n) is 7.39. The molecule has 1 N–H and O–H groups in total. The van der Waals surface area contributed by atoms with Crippen molar-refractivity contribution in [1.29, 1.82) is 0 Å². The highest BCUT2D eigenvalue weighted by Crippen LogP contribution is 2.21. The van der Waals surface area contributed by atoms with E-state index >= 15 is 0 Å². The first kappa shape index (κ1) is 16.2. The number of likely N-dealkylation sites (tertiary alicyclic amines) is 1. The van der Waals surface area contributed by atoms with Crippen LogP contribution in [0.4, 0.5) is 5.82 Å². The maximum absolute atomic E-state index is 4.61. The fourth-order valence-corrected chi connectivity index (χ4v) is 2.92. The molecule has 4 nitrogen and oxygen atoms in total. The molecule has 2 heterocycles. The number of hydrogen-bond acceptors (Lipinski definition) is 4. The predicted octanol–water partition coefficient (Wildman–Crippen LogP) is 2.36. The van der Waals surface area contributed by atoms with Gasteiger partial charge in [-0.1, -0.05) is 6.07 Å². The Balaban J connectivity index is 2.01. The third-order valence-corrected chi connectivity index (χ3v) is 4.06. The van der Waals surface area contributed by atoms with Crippen LogP contribution in [0.25, 0.3) is 0 Å². The Bertz CT molecular complexity index is 452. The van der Waals surface area contributed by atoms with Crippen molar-refractivity contribution in [3.63, 3.8) is 0 Å². The van der Waals surface area contributed by atoms with E-state index in [1.165, 1.54) is 25.1 Å². The molecule has 21 heavy (non-hydrogen) atoms.